The minimum Gasteiger partial charge on any atom is -0.326 e. The summed E-state index contributed by atoms with van der Waals surface area (Å²) in [5, 5.41) is 14.4. The Labute approximate surface area is 170 Å². The molecule has 0 unspecified atom stereocenters. The van der Waals surface area contributed by atoms with Gasteiger partial charge in [-0.05, 0) is 44.2 Å². The molecule has 0 radical (unpaired) electrons. The normalized spacial score (nSPS) is 13.3. The van der Waals surface area contributed by atoms with Crippen molar-refractivity contribution in [3.63, 3.8) is 0 Å². The van der Waals surface area contributed by atoms with Gasteiger partial charge in [0.2, 0.25) is 5.91 Å². The second kappa shape index (κ2) is 7.75. The maximum absolute atomic E-state index is 12.9. The van der Waals surface area contributed by atoms with Crippen molar-refractivity contribution >= 4 is 38.8 Å². The topological polar surface area (TPSA) is 107 Å². The Hall–Kier alpha value is -3.07. The van der Waals surface area contributed by atoms with Crippen LogP contribution in [0.1, 0.15) is 35.3 Å². The predicted octanol–water partition coefficient (Wildman–Crippen LogP) is 3.58. The number of nitro groups is 1. The molecule has 1 aromatic carbocycles. The van der Waals surface area contributed by atoms with E-state index in [-0.39, 0.29) is 30.1 Å². The summed E-state index contributed by atoms with van der Waals surface area (Å²) in [6, 6.07) is 4.55. The molecule has 3 aromatic rings. The van der Waals surface area contributed by atoms with E-state index in [0.29, 0.717) is 16.6 Å². The van der Waals surface area contributed by atoms with Gasteiger partial charge < -0.3 is 5.32 Å². The number of nitrogens with one attached hydrogen (secondary N) is 1. The third-order valence-corrected chi connectivity index (χ3v) is 6.41. The molecule has 0 fully saturated rings. The van der Waals surface area contributed by atoms with Gasteiger partial charge in [0, 0.05) is 35.2 Å². The third-order valence-electron chi connectivity index (χ3n) is 5.21. The highest BCUT2D eigenvalue weighted by molar-refractivity contribution is 7.18. The van der Waals surface area contributed by atoms with Crippen LogP contribution < -0.4 is 10.9 Å². The number of anilines is 1. The average molecular weight is 412 g/mol. The molecule has 1 aliphatic carbocycles. The fraction of sp³-hybridized carbons (Fsp3) is 0.350. The average Bonchev–Trinajstić information content (AvgIpc) is 3.08. The number of thiophene rings is 1. The summed E-state index contributed by atoms with van der Waals surface area (Å²) in [6.07, 6.45) is 5.70. The summed E-state index contributed by atoms with van der Waals surface area (Å²) >= 11 is 1.59. The lowest BCUT2D eigenvalue weighted by Gasteiger charge is -2.10. The molecule has 0 atom stereocenters. The molecule has 1 N–H and O–H groups in total. The Morgan fingerprint density at radius 3 is 2.93 bits per heavy atom. The second-order valence-electron chi connectivity index (χ2n) is 7.19. The minimum absolute atomic E-state index is 0.0455. The Bertz CT molecular complexity index is 1180. The SMILES string of the molecule is Cc1ccc(NC(=O)CCn2cnc3sc4c(c3c2=O)CCCC4)cc1[N+](=O)[O-]. The van der Waals surface area contributed by atoms with Crippen molar-refractivity contribution in [2.75, 3.05) is 5.32 Å². The van der Waals surface area contributed by atoms with Gasteiger partial charge in [0.15, 0.2) is 0 Å². The molecule has 0 bridgehead atoms. The number of nitrogens with zero attached hydrogens (tertiary/aromatic N) is 3. The quantitative estimate of drug-likeness (QED) is 0.509. The molecule has 1 amide bonds. The Morgan fingerprint density at radius 1 is 1.34 bits per heavy atom. The molecule has 150 valence electrons. The van der Waals surface area contributed by atoms with Gasteiger partial charge in [-0.2, -0.15) is 0 Å². The zero-order valence-corrected chi connectivity index (χ0v) is 16.8. The van der Waals surface area contributed by atoms with Gasteiger partial charge in [-0.25, -0.2) is 4.98 Å². The van der Waals surface area contributed by atoms with E-state index in [2.05, 4.69) is 10.3 Å². The zero-order valence-electron chi connectivity index (χ0n) is 15.9. The van der Waals surface area contributed by atoms with Crippen LogP contribution in [-0.4, -0.2) is 20.4 Å². The maximum Gasteiger partial charge on any atom is 0.274 e. The summed E-state index contributed by atoms with van der Waals surface area (Å²) in [6.45, 7) is 1.84. The van der Waals surface area contributed by atoms with Crippen LogP contribution in [0.4, 0.5) is 11.4 Å². The summed E-state index contributed by atoms with van der Waals surface area (Å²) in [4.78, 5) is 42.2. The molecule has 2 aromatic heterocycles. The number of rotatable bonds is 5. The molecule has 0 saturated carbocycles. The van der Waals surface area contributed by atoms with E-state index in [1.807, 2.05) is 0 Å². The van der Waals surface area contributed by atoms with Gasteiger partial charge in [-0.1, -0.05) is 6.07 Å². The first-order valence-corrected chi connectivity index (χ1v) is 10.3. The van der Waals surface area contributed by atoms with Gasteiger partial charge >= 0.3 is 0 Å². The first-order valence-electron chi connectivity index (χ1n) is 9.48. The van der Waals surface area contributed by atoms with E-state index in [1.165, 1.54) is 21.8 Å². The summed E-state index contributed by atoms with van der Waals surface area (Å²) < 4.78 is 1.47. The van der Waals surface area contributed by atoms with E-state index in [1.54, 1.807) is 30.4 Å². The van der Waals surface area contributed by atoms with Gasteiger partial charge in [-0.15, -0.1) is 11.3 Å². The monoisotopic (exact) mass is 412 g/mol. The molecular formula is C20H20N4O4S. The molecular weight excluding hydrogens is 392 g/mol. The number of aromatic nitrogens is 2. The van der Waals surface area contributed by atoms with Crippen LogP contribution in [0.2, 0.25) is 0 Å². The molecule has 0 saturated heterocycles. The van der Waals surface area contributed by atoms with Gasteiger partial charge in [0.1, 0.15) is 4.83 Å². The van der Waals surface area contributed by atoms with E-state index < -0.39 is 4.92 Å². The van der Waals surface area contributed by atoms with Crippen LogP contribution in [0.3, 0.4) is 0 Å². The van der Waals surface area contributed by atoms with E-state index in [4.69, 9.17) is 0 Å². The summed E-state index contributed by atoms with van der Waals surface area (Å²) in [7, 11) is 0. The molecule has 4 rings (SSSR count). The lowest BCUT2D eigenvalue weighted by molar-refractivity contribution is -0.385. The molecule has 9 heteroatoms. The largest absolute Gasteiger partial charge is 0.326 e. The van der Waals surface area contributed by atoms with Crippen LogP contribution in [0, 0.1) is 17.0 Å². The fourth-order valence-electron chi connectivity index (χ4n) is 3.67. The molecule has 1 aliphatic rings. The van der Waals surface area contributed by atoms with E-state index in [0.717, 1.165) is 36.1 Å². The van der Waals surface area contributed by atoms with Crippen molar-refractivity contribution in [2.45, 2.75) is 45.6 Å². The van der Waals surface area contributed by atoms with Crippen LogP contribution in [-0.2, 0) is 24.2 Å². The highest BCUT2D eigenvalue weighted by Crippen LogP contribution is 2.33. The van der Waals surface area contributed by atoms with Crippen molar-refractivity contribution in [1.29, 1.82) is 0 Å². The van der Waals surface area contributed by atoms with Gasteiger partial charge in [0.05, 0.1) is 16.6 Å². The Kier molecular flexibility index (Phi) is 5.14. The number of amides is 1. The summed E-state index contributed by atoms with van der Waals surface area (Å²) in [5.41, 5.74) is 1.86. The van der Waals surface area contributed by atoms with Crippen molar-refractivity contribution in [2.24, 2.45) is 0 Å². The van der Waals surface area contributed by atoms with Crippen LogP contribution >= 0.6 is 11.3 Å². The van der Waals surface area contributed by atoms with E-state index in [9.17, 15) is 19.7 Å². The first kappa shape index (κ1) is 19.3. The Morgan fingerprint density at radius 2 is 2.14 bits per heavy atom. The lowest BCUT2D eigenvalue weighted by atomic mass is 9.97. The van der Waals surface area contributed by atoms with Gasteiger partial charge in [-0.3, -0.25) is 24.3 Å². The smallest absolute Gasteiger partial charge is 0.274 e. The van der Waals surface area contributed by atoms with E-state index >= 15 is 0 Å². The minimum atomic E-state index is -0.479. The zero-order chi connectivity index (χ0) is 20.5. The molecule has 0 aliphatic heterocycles. The third kappa shape index (κ3) is 3.77. The highest BCUT2D eigenvalue weighted by Gasteiger charge is 2.20. The van der Waals surface area contributed by atoms with Gasteiger partial charge in [0.25, 0.3) is 11.2 Å². The number of aryl methyl sites for hydroxylation is 4. The molecule has 2 heterocycles. The van der Waals surface area contributed by atoms with Crippen molar-refractivity contribution < 1.29 is 9.72 Å². The number of hydrogen-bond donors (Lipinski definition) is 1. The predicted molar refractivity (Wildman–Crippen MR) is 112 cm³/mol. The Balaban J connectivity index is 1.49. The highest BCUT2D eigenvalue weighted by atomic mass is 32.1. The maximum atomic E-state index is 12.9. The number of carbonyl (C=O) groups is 1. The number of nitro benzene ring substituents is 1. The van der Waals surface area contributed by atoms with Crippen LogP contribution in [0.25, 0.3) is 10.2 Å². The number of carbonyl (C=O) groups excluding carboxylic acids is 1. The first-order chi connectivity index (χ1) is 13.9. The number of hydrogen-bond acceptors (Lipinski definition) is 6. The second-order valence-corrected chi connectivity index (χ2v) is 8.27. The fourth-order valence-corrected chi connectivity index (χ4v) is 4.89. The standard InChI is InChI=1S/C20H20N4O4S/c1-12-6-7-13(10-15(12)24(27)28)22-17(25)8-9-23-11-21-19-18(20(23)26)14-4-2-3-5-16(14)29-19/h6-7,10-11H,2-5,8-9H2,1H3,(H,22,25). The number of benzene rings is 1. The van der Waals surface area contributed by atoms with Crippen LogP contribution in [0.15, 0.2) is 29.3 Å². The van der Waals surface area contributed by atoms with Crippen molar-refractivity contribution in [3.8, 4) is 0 Å². The van der Waals surface area contributed by atoms with Crippen molar-refractivity contribution in [1.82, 2.24) is 9.55 Å². The van der Waals surface area contributed by atoms with Crippen LogP contribution in [0.5, 0.6) is 0 Å². The number of fused-ring (bicyclic) bond motifs is 3. The molecule has 29 heavy (non-hydrogen) atoms. The molecule has 8 nitrogen and oxygen atoms in total. The van der Waals surface area contributed by atoms with Crippen molar-refractivity contribution in [3.05, 3.63) is 61.0 Å². The lowest BCUT2D eigenvalue weighted by Crippen LogP contribution is -2.24. The molecule has 0 spiro atoms. The summed E-state index contributed by atoms with van der Waals surface area (Å²) in [5.74, 6) is -0.317.